The maximum absolute atomic E-state index is 13.4. The summed E-state index contributed by atoms with van der Waals surface area (Å²) in [6.45, 7) is 2.77. The van der Waals surface area contributed by atoms with E-state index in [4.69, 9.17) is 11.6 Å². The monoisotopic (exact) mass is 354 g/mol. The molecule has 0 N–H and O–H groups in total. The lowest BCUT2D eigenvalue weighted by Gasteiger charge is -2.02. The quantitative estimate of drug-likeness (QED) is 0.670. The van der Waals surface area contributed by atoms with Gasteiger partial charge in [-0.15, -0.1) is 11.3 Å². The normalized spacial score (nSPS) is 12.2. The van der Waals surface area contributed by atoms with Gasteiger partial charge >= 0.3 is 0 Å². The SMILES string of the molecule is CCCn1c(=NC(=O)c2ccc(Cl)s2)sc2cc(F)ccc21. The van der Waals surface area contributed by atoms with Crippen molar-refractivity contribution in [1.29, 1.82) is 0 Å². The molecule has 7 heteroatoms. The molecule has 0 fully saturated rings. The highest BCUT2D eigenvalue weighted by Crippen LogP contribution is 2.22. The van der Waals surface area contributed by atoms with E-state index in [1.807, 2.05) is 11.5 Å². The molecule has 0 aliphatic rings. The molecule has 2 aromatic heterocycles. The zero-order valence-corrected chi connectivity index (χ0v) is 14.1. The average Bonchev–Trinajstić information content (AvgIpc) is 3.04. The molecule has 0 bridgehead atoms. The van der Waals surface area contributed by atoms with Gasteiger partial charge in [0.05, 0.1) is 19.4 Å². The first-order chi connectivity index (χ1) is 10.6. The molecule has 0 aliphatic carbocycles. The lowest BCUT2D eigenvalue weighted by Crippen LogP contribution is -2.16. The summed E-state index contributed by atoms with van der Waals surface area (Å²) in [5.74, 6) is -0.617. The molecule has 0 atom stereocenters. The summed E-state index contributed by atoms with van der Waals surface area (Å²) < 4.78 is 16.7. The van der Waals surface area contributed by atoms with Crippen molar-refractivity contribution in [2.24, 2.45) is 4.99 Å². The van der Waals surface area contributed by atoms with Crippen LogP contribution in [0.1, 0.15) is 23.0 Å². The predicted octanol–water partition coefficient (Wildman–Crippen LogP) is 4.71. The molecule has 0 radical (unpaired) electrons. The van der Waals surface area contributed by atoms with Gasteiger partial charge in [-0.3, -0.25) is 4.79 Å². The number of aromatic nitrogens is 1. The fourth-order valence-electron chi connectivity index (χ4n) is 2.14. The topological polar surface area (TPSA) is 34.4 Å². The Labute approximate surface area is 139 Å². The molecule has 3 nitrogen and oxygen atoms in total. The van der Waals surface area contributed by atoms with Crippen LogP contribution in [0.3, 0.4) is 0 Å². The summed E-state index contributed by atoms with van der Waals surface area (Å²) in [5, 5.41) is 0. The Bertz CT molecular complexity index is 910. The molecule has 3 aromatic rings. The number of aryl methyl sites for hydroxylation is 1. The summed E-state index contributed by atoms with van der Waals surface area (Å²) in [6.07, 6.45) is 0.898. The van der Waals surface area contributed by atoms with Crippen LogP contribution in [0.5, 0.6) is 0 Å². The van der Waals surface area contributed by atoms with E-state index in [1.165, 1.54) is 34.8 Å². The Balaban J connectivity index is 2.14. The Morgan fingerprint density at radius 1 is 1.32 bits per heavy atom. The number of carbonyl (C=O) groups excluding carboxylic acids is 1. The summed E-state index contributed by atoms with van der Waals surface area (Å²) in [5.41, 5.74) is 0.893. The van der Waals surface area contributed by atoms with Gasteiger partial charge < -0.3 is 4.57 Å². The first-order valence-corrected chi connectivity index (χ1v) is 8.73. The highest BCUT2D eigenvalue weighted by Gasteiger charge is 2.11. The van der Waals surface area contributed by atoms with Crippen molar-refractivity contribution in [1.82, 2.24) is 4.57 Å². The number of amides is 1. The van der Waals surface area contributed by atoms with E-state index < -0.39 is 0 Å². The van der Waals surface area contributed by atoms with Gasteiger partial charge in [0.2, 0.25) is 0 Å². The van der Waals surface area contributed by atoms with E-state index in [0.717, 1.165) is 23.2 Å². The van der Waals surface area contributed by atoms with Crippen LogP contribution < -0.4 is 4.80 Å². The summed E-state index contributed by atoms with van der Waals surface area (Å²) in [4.78, 5) is 17.5. The molecule has 114 valence electrons. The van der Waals surface area contributed by atoms with Crippen molar-refractivity contribution in [3.8, 4) is 0 Å². The highest BCUT2D eigenvalue weighted by molar-refractivity contribution is 7.18. The Kier molecular flexibility index (Phi) is 4.42. The number of rotatable bonds is 3. The smallest absolute Gasteiger partial charge is 0.289 e. The third-order valence-corrected chi connectivity index (χ3v) is 5.33. The molecule has 1 aromatic carbocycles. The molecule has 0 aliphatic heterocycles. The van der Waals surface area contributed by atoms with Crippen LogP contribution in [0.4, 0.5) is 4.39 Å². The van der Waals surface area contributed by atoms with E-state index in [-0.39, 0.29) is 11.7 Å². The number of halogens is 2. The zero-order valence-electron chi connectivity index (χ0n) is 11.7. The van der Waals surface area contributed by atoms with Gasteiger partial charge in [0, 0.05) is 6.54 Å². The number of nitrogens with zero attached hydrogens (tertiary/aromatic N) is 2. The molecule has 0 saturated carbocycles. The van der Waals surface area contributed by atoms with Crippen LogP contribution in [-0.2, 0) is 6.54 Å². The molecule has 3 rings (SSSR count). The molecule has 1 amide bonds. The number of benzene rings is 1. The standard InChI is InChI=1S/C15H12ClFN2OS2/c1-2-7-19-10-4-3-9(17)8-12(10)22-15(19)18-14(20)11-5-6-13(16)21-11/h3-6,8H,2,7H2,1H3. The molecule has 0 unspecified atom stereocenters. The maximum atomic E-state index is 13.4. The lowest BCUT2D eigenvalue weighted by atomic mass is 10.3. The van der Waals surface area contributed by atoms with Gasteiger partial charge in [-0.25, -0.2) is 4.39 Å². The Morgan fingerprint density at radius 2 is 2.14 bits per heavy atom. The highest BCUT2D eigenvalue weighted by atomic mass is 35.5. The third kappa shape index (κ3) is 2.99. The van der Waals surface area contributed by atoms with E-state index in [2.05, 4.69) is 4.99 Å². The van der Waals surface area contributed by atoms with Crippen LogP contribution in [0.2, 0.25) is 4.34 Å². The Morgan fingerprint density at radius 3 is 2.82 bits per heavy atom. The van der Waals surface area contributed by atoms with Crippen LogP contribution in [0.25, 0.3) is 10.2 Å². The summed E-state index contributed by atoms with van der Waals surface area (Å²) >= 11 is 8.37. The first kappa shape index (κ1) is 15.4. The average molecular weight is 355 g/mol. The second kappa shape index (κ2) is 6.32. The van der Waals surface area contributed by atoms with E-state index in [0.29, 0.717) is 14.0 Å². The molecule has 2 heterocycles. The minimum atomic E-state index is -0.325. The molecule has 22 heavy (non-hydrogen) atoms. The molecule has 0 saturated heterocycles. The first-order valence-electron chi connectivity index (χ1n) is 6.72. The largest absolute Gasteiger partial charge is 0.316 e. The molecular weight excluding hydrogens is 343 g/mol. The van der Waals surface area contributed by atoms with Gasteiger partial charge in [0.15, 0.2) is 4.80 Å². The van der Waals surface area contributed by atoms with Gasteiger partial charge in [0.1, 0.15) is 5.82 Å². The molecular formula is C15H12ClFN2OS2. The molecule has 0 spiro atoms. The van der Waals surface area contributed by atoms with Crippen LogP contribution in [0.15, 0.2) is 35.3 Å². The minimum absolute atomic E-state index is 0.291. The Hall–Kier alpha value is -1.50. The number of hydrogen-bond acceptors (Lipinski definition) is 3. The number of thiazole rings is 1. The lowest BCUT2D eigenvalue weighted by molar-refractivity contribution is 0.100. The third-order valence-electron chi connectivity index (χ3n) is 3.07. The summed E-state index contributed by atoms with van der Waals surface area (Å²) in [6, 6.07) is 7.96. The number of thiophene rings is 1. The fraction of sp³-hybridized carbons (Fsp3) is 0.200. The van der Waals surface area contributed by atoms with Gasteiger partial charge in [-0.2, -0.15) is 4.99 Å². The number of hydrogen-bond donors (Lipinski definition) is 0. The number of carbonyl (C=O) groups is 1. The van der Waals surface area contributed by atoms with Crippen molar-refractivity contribution in [3.05, 3.63) is 50.2 Å². The maximum Gasteiger partial charge on any atom is 0.289 e. The van der Waals surface area contributed by atoms with Crippen molar-refractivity contribution < 1.29 is 9.18 Å². The van der Waals surface area contributed by atoms with Gasteiger partial charge in [0.25, 0.3) is 5.91 Å². The van der Waals surface area contributed by atoms with Crippen LogP contribution >= 0.6 is 34.3 Å². The predicted molar refractivity (Wildman–Crippen MR) is 89.3 cm³/mol. The van der Waals surface area contributed by atoms with E-state index >= 15 is 0 Å². The second-order valence-electron chi connectivity index (χ2n) is 4.67. The fourth-order valence-corrected chi connectivity index (χ4v) is 4.15. The minimum Gasteiger partial charge on any atom is -0.316 e. The zero-order chi connectivity index (χ0) is 15.7. The van der Waals surface area contributed by atoms with Crippen molar-refractivity contribution in [2.75, 3.05) is 0 Å². The van der Waals surface area contributed by atoms with Gasteiger partial charge in [-0.1, -0.05) is 29.9 Å². The number of fused-ring (bicyclic) bond motifs is 1. The van der Waals surface area contributed by atoms with Gasteiger partial charge in [-0.05, 0) is 36.8 Å². The van der Waals surface area contributed by atoms with Crippen molar-refractivity contribution >= 4 is 50.4 Å². The van der Waals surface area contributed by atoms with E-state index in [1.54, 1.807) is 18.2 Å². The van der Waals surface area contributed by atoms with Crippen molar-refractivity contribution in [3.63, 3.8) is 0 Å². The van der Waals surface area contributed by atoms with E-state index in [9.17, 15) is 9.18 Å². The van der Waals surface area contributed by atoms with Crippen molar-refractivity contribution in [2.45, 2.75) is 19.9 Å². The second-order valence-corrected chi connectivity index (χ2v) is 7.39. The summed E-state index contributed by atoms with van der Waals surface area (Å²) in [7, 11) is 0. The van der Waals surface area contributed by atoms with Crippen LogP contribution in [0, 0.1) is 5.82 Å². The van der Waals surface area contributed by atoms with Crippen LogP contribution in [-0.4, -0.2) is 10.5 Å².